The first-order chi connectivity index (χ1) is 14.5. The lowest BCUT2D eigenvalue weighted by atomic mass is 9.98. The minimum atomic E-state index is -4.04. The van der Waals surface area contributed by atoms with Gasteiger partial charge in [-0.3, -0.25) is 9.52 Å². The summed E-state index contributed by atoms with van der Waals surface area (Å²) in [7, 11) is -2.67. The van der Waals surface area contributed by atoms with E-state index in [0.29, 0.717) is 10.6 Å². The number of hydrogen-bond acceptors (Lipinski definition) is 6. The Bertz CT molecular complexity index is 1220. The third-order valence-corrected chi connectivity index (χ3v) is 7.34. The van der Waals surface area contributed by atoms with E-state index in [-0.39, 0.29) is 32.7 Å². The van der Waals surface area contributed by atoms with Crippen molar-refractivity contribution in [2.75, 3.05) is 17.1 Å². The number of methoxy groups -OCH3 is 1. The van der Waals surface area contributed by atoms with Crippen molar-refractivity contribution in [2.24, 2.45) is 0 Å². The Hall–Kier alpha value is -2.62. The summed E-state index contributed by atoms with van der Waals surface area (Å²) in [6.07, 6.45) is 1.51. The number of aromatic nitrogens is 1. The van der Waals surface area contributed by atoms with Gasteiger partial charge in [0.1, 0.15) is 15.5 Å². The summed E-state index contributed by atoms with van der Waals surface area (Å²) in [6, 6.07) is 10.9. The van der Waals surface area contributed by atoms with Crippen LogP contribution in [0.4, 0.5) is 11.4 Å². The van der Waals surface area contributed by atoms with Gasteiger partial charge in [0.25, 0.3) is 15.9 Å². The van der Waals surface area contributed by atoms with Gasteiger partial charge in [-0.25, -0.2) is 13.4 Å². The van der Waals surface area contributed by atoms with Crippen molar-refractivity contribution in [3.05, 3.63) is 63.6 Å². The summed E-state index contributed by atoms with van der Waals surface area (Å²) in [6.45, 7) is 6.04. The van der Waals surface area contributed by atoms with Gasteiger partial charge in [0.2, 0.25) is 0 Å². The normalized spacial score (nSPS) is 11.8. The van der Waals surface area contributed by atoms with Crippen molar-refractivity contribution in [1.82, 2.24) is 4.98 Å². The van der Waals surface area contributed by atoms with Crippen LogP contribution in [-0.4, -0.2) is 26.4 Å². The minimum Gasteiger partial charge on any atom is -0.495 e. The van der Waals surface area contributed by atoms with Crippen LogP contribution in [-0.2, 0) is 15.4 Å². The Kier molecular flexibility index (Phi) is 6.59. The summed E-state index contributed by atoms with van der Waals surface area (Å²) < 4.78 is 33.6. The largest absolute Gasteiger partial charge is 0.495 e. The molecule has 7 nitrogen and oxygen atoms in total. The standard InChI is InChI=1S/C21H22ClN3O4S2/c1-21(2,3)20-23-12-17(30-20)19(26)24-13-9-10-16(29-4)18(11-13)31(27,28)25-15-8-6-5-7-14(15)22/h5-12,25H,1-4H3,(H,24,26). The topological polar surface area (TPSA) is 97.4 Å². The van der Waals surface area contributed by atoms with Crippen LogP contribution in [0.15, 0.2) is 53.6 Å². The molecular formula is C21H22ClN3O4S2. The van der Waals surface area contributed by atoms with Gasteiger partial charge in [0.05, 0.1) is 29.0 Å². The van der Waals surface area contributed by atoms with E-state index in [1.165, 1.54) is 36.8 Å². The quantitative estimate of drug-likeness (QED) is 0.509. The Morgan fingerprint density at radius 3 is 2.48 bits per heavy atom. The number of amides is 1. The molecule has 3 aromatic rings. The van der Waals surface area contributed by atoms with Crippen molar-refractivity contribution in [3.8, 4) is 5.75 Å². The fourth-order valence-electron chi connectivity index (χ4n) is 2.63. The number of halogens is 1. The predicted molar refractivity (Wildman–Crippen MR) is 124 cm³/mol. The molecule has 2 aromatic carbocycles. The van der Waals surface area contributed by atoms with Gasteiger partial charge in [-0.2, -0.15) is 0 Å². The van der Waals surface area contributed by atoms with Gasteiger partial charge in [0, 0.05) is 11.1 Å². The average molecular weight is 480 g/mol. The van der Waals surface area contributed by atoms with Crippen molar-refractivity contribution >= 4 is 50.2 Å². The number of benzene rings is 2. The predicted octanol–water partition coefficient (Wildman–Crippen LogP) is 5.16. The molecule has 0 bridgehead atoms. The maximum Gasteiger partial charge on any atom is 0.267 e. The molecule has 0 spiro atoms. The number of ether oxygens (including phenoxy) is 1. The van der Waals surface area contributed by atoms with Crippen LogP contribution in [0.1, 0.15) is 35.5 Å². The highest BCUT2D eigenvalue weighted by Gasteiger charge is 2.23. The number of anilines is 2. The van der Waals surface area contributed by atoms with Gasteiger partial charge >= 0.3 is 0 Å². The van der Waals surface area contributed by atoms with E-state index < -0.39 is 10.0 Å². The third-order valence-electron chi connectivity index (χ3n) is 4.20. The number of carbonyl (C=O) groups is 1. The molecule has 0 radical (unpaired) electrons. The smallest absolute Gasteiger partial charge is 0.267 e. The van der Waals surface area contributed by atoms with Crippen LogP contribution in [0.3, 0.4) is 0 Å². The Morgan fingerprint density at radius 2 is 1.87 bits per heavy atom. The third kappa shape index (κ3) is 5.36. The lowest BCUT2D eigenvalue weighted by molar-refractivity contribution is 0.103. The first kappa shape index (κ1) is 23.1. The highest BCUT2D eigenvalue weighted by molar-refractivity contribution is 7.92. The molecule has 31 heavy (non-hydrogen) atoms. The van der Waals surface area contributed by atoms with Gasteiger partial charge in [-0.15, -0.1) is 11.3 Å². The highest BCUT2D eigenvalue weighted by atomic mass is 35.5. The van der Waals surface area contributed by atoms with Crippen molar-refractivity contribution in [2.45, 2.75) is 31.1 Å². The fraction of sp³-hybridized carbons (Fsp3) is 0.238. The molecule has 10 heteroatoms. The molecule has 0 saturated carbocycles. The van der Waals surface area contributed by atoms with E-state index in [2.05, 4.69) is 15.0 Å². The first-order valence-corrected chi connectivity index (χ1v) is 11.9. The minimum absolute atomic E-state index is 0.130. The van der Waals surface area contributed by atoms with Crippen molar-refractivity contribution in [1.29, 1.82) is 0 Å². The monoisotopic (exact) mass is 479 g/mol. The zero-order valence-electron chi connectivity index (χ0n) is 17.4. The number of nitrogens with one attached hydrogen (secondary N) is 2. The summed E-state index contributed by atoms with van der Waals surface area (Å²) in [4.78, 5) is 17.3. The fourth-order valence-corrected chi connectivity index (χ4v) is 5.01. The van der Waals surface area contributed by atoms with Crippen LogP contribution in [0.25, 0.3) is 0 Å². The number of nitrogens with zero attached hydrogens (tertiary/aromatic N) is 1. The number of sulfonamides is 1. The molecule has 2 N–H and O–H groups in total. The number of hydrogen-bond donors (Lipinski definition) is 2. The lowest BCUT2D eigenvalue weighted by Crippen LogP contribution is -2.16. The number of para-hydroxylation sites is 1. The highest BCUT2D eigenvalue weighted by Crippen LogP contribution is 2.32. The Labute approximate surface area is 190 Å². The molecule has 0 atom stereocenters. The van der Waals surface area contributed by atoms with Crippen molar-refractivity contribution < 1.29 is 17.9 Å². The van der Waals surface area contributed by atoms with E-state index in [4.69, 9.17) is 16.3 Å². The molecule has 3 rings (SSSR count). The van der Waals surface area contributed by atoms with Gasteiger partial charge in [-0.1, -0.05) is 44.5 Å². The van der Waals surface area contributed by atoms with Crippen LogP contribution < -0.4 is 14.8 Å². The summed E-state index contributed by atoms with van der Waals surface area (Å²) in [5, 5.41) is 3.81. The number of rotatable bonds is 6. The van der Waals surface area contributed by atoms with Gasteiger partial charge in [0.15, 0.2) is 0 Å². The average Bonchev–Trinajstić information content (AvgIpc) is 3.20. The SMILES string of the molecule is COc1ccc(NC(=O)c2cnc(C(C)(C)C)s2)cc1S(=O)(=O)Nc1ccccc1Cl. The molecule has 0 aliphatic rings. The molecule has 0 aliphatic heterocycles. The van der Waals surface area contributed by atoms with E-state index in [0.717, 1.165) is 5.01 Å². The molecule has 1 amide bonds. The molecule has 1 heterocycles. The van der Waals surface area contributed by atoms with Gasteiger partial charge in [-0.05, 0) is 30.3 Å². The molecule has 0 unspecified atom stereocenters. The second-order valence-electron chi connectivity index (χ2n) is 7.68. The molecule has 0 saturated heterocycles. The zero-order chi connectivity index (χ0) is 22.8. The summed E-state index contributed by atoms with van der Waals surface area (Å²) >= 11 is 7.37. The second kappa shape index (κ2) is 8.86. The van der Waals surface area contributed by atoms with Crippen molar-refractivity contribution in [3.63, 3.8) is 0 Å². The number of thiazole rings is 1. The van der Waals surface area contributed by atoms with E-state index in [9.17, 15) is 13.2 Å². The lowest BCUT2D eigenvalue weighted by Gasteiger charge is -2.14. The zero-order valence-corrected chi connectivity index (χ0v) is 19.8. The van der Waals surface area contributed by atoms with Crippen LogP contribution in [0, 0.1) is 0 Å². The van der Waals surface area contributed by atoms with Crippen LogP contribution in [0.5, 0.6) is 5.75 Å². The Balaban J connectivity index is 1.89. The molecule has 1 aromatic heterocycles. The summed E-state index contributed by atoms with van der Waals surface area (Å²) in [5.74, 6) is -0.245. The number of carbonyl (C=O) groups excluding carboxylic acids is 1. The second-order valence-corrected chi connectivity index (χ2v) is 10.8. The van der Waals surface area contributed by atoms with Crippen LogP contribution in [0.2, 0.25) is 5.02 Å². The Morgan fingerprint density at radius 1 is 1.16 bits per heavy atom. The van der Waals surface area contributed by atoms with E-state index in [1.807, 2.05) is 20.8 Å². The molecular weight excluding hydrogens is 458 g/mol. The summed E-state index contributed by atoms with van der Waals surface area (Å²) in [5.41, 5.74) is 0.366. The molecule has 0 aliphatic carbocycles. The van der Waals surface area contributed by atoms with E-state index >= 15 is 0 Å². The maximum atomic E-state index is 13.0. The first-order valence-electron chi connectivity index (χ1n) is 9.24. The van der Waals surface area contributed by atoms with Gasteiger partial charge < -0.3 is 10.1 Å². The van der Waals surface area contributed by atoms with Crippen LogP contribution >= 0.6 is 22.9 Å². The maximum absolute atomic E-state index is 13.0. The van der Waals surface area contributed by atoms with E-state index in [1.54, 1.807) is 30.3 Å². The molecule has 0 fully saturated rings. The molecule has 164 valence electrons.